The van der Waals surface area contributed by atoms with Crippen LogP contribution in [0.1, 0.15) is 43.0 Å². The van der Waals surface area contributed by atoms with Crippen molar-refractivity contribution >= 4 is 16.9 Å². The van der Waals surface area contributed by atoms with E-state index in [4.69, 9.17) is 9.47 Å². The van der Waals surface area contributed by atoms with Crippen molar-refractivity contribution in [1.82, 2.24) is 4.57 Å². The number of benzene rings is 1. The van der Waals surface area contributed by atoms with Gasteiger partial charge in [0, 0.05) is 6.20 Å². The summed E-state index contributed by atoms with van der Waals surface area (Å²) in [5, 5.41) is -0.0644. The van der Waals surface area contributed by atoms with Crippen LogP contribution in [0.3, 0.4) is 0 Å². The molecule has 2 heterocycles. The van der Waals surface area contributed by atoms with Gasteiger partial charge in [0.1, 0.15) is 12.2 Å². The number of hydrogen-bond acceptors (Lipinski definition) is 4. The normalized spacial score (nSPS) is 17.7. The summed E-state index contributed by atoms with van der Waals surface area (Å²) in [6, 6.07) is 0.840. The Morgan fingerprint density at radius 3 is 2.76 bits per heavy atom. The number of esters is 1. The predicted molar refractivity (Wildman–Crippen MR) is 86.0 cm³/mol. The van der Waals surface area contributed by atoms with Crippen molar-refractivity contribution in [3.05, 3.63) is 39.7 Å². The Balaban J connectivity index is 2.10. The van der Waals surface area contributed by atoms with Crippen LogP contribution in [-0.4, -0.2) is 23.8 Å². The molecule has 2 aromatic rings. The Hall–Kier alpha value is -2.44. The predicted octanol–water partition coefficient (Wildman–Crippen LogP) is 3.12. The van der Waals surface area contributed by atoms with Crippen molar-refractivity contribution in [3.63, 3.8) is 0 Å². The number of fused-ring (bicyclic) bond motifs is 1. The highest BCUT2D eigenvalue weighted by Crippen LogP contribution is 2.45. The zero-order valence-electron chi connectivity index (χ0n) is 13.7. The molecule has 0 radical (unpaired) electrons. The van der Waals surface area contributed by atoms with Crippen molar-refractivity contribution in [2.45, 2.75) is 38.1 Å². The lowest BCUT2D eigenvalue weighted by Gasteiger charge is -2.38. The molecule has 0 unspecified atom stereocenters. The summed E-state index contributed by atoms with van der Waals surface area (Å²) in [6.45, 7) is 1.94. The summed E-state index contributed by atoms with van der Waals surface area (Å²) in [6.07, 6.45) is 4.92. The van der Waals surface area contributed by atoms with E-state index in [0.717, 1.165) is 31.7 Å². The van der Waals surface area contributed by atoms with Gasteiger partial charge < -0.3 is 14.0 Å². The van der Waals surface area contributed by atoms with Crippen LogP contribution in [0.15, 0.2) is 17.1 Å². The number of hydrogen-bond donors (Lipinski definition) is 0. The lowest BCUT2D eigenvalue weighted by Crippen LogP contribution is -2.42. The number of aromatic nitrogens is 1. The molecule has 0 N–H and O–H groups in total. The Morgan fingerprint density at radius 2 is 2.08 bits per heavy atom. The molecule has 1 aliphatic heterocycles. The van der Waals surface area contributed by atoms with Crippen LogP contribution in [0.25, 0.3) is 10.9 Å². The Morgan fingerprint density at radius 1 is 1.36 bits per heavy atom. The van der Waals surface area contributed by atoms with Gasteiger partial charge in [-0.1, -0.05) is 12.8 Å². The zero-order valence-corrected chi connectivity index (χ0v) is 13.7. The van der Waals surface area contributed by atoms with E-state index >= 15 is 0 Å². The number of halogens is 2. The molecule has 1 aromatic carbocycles. The lowest BCUT2D eigenvalue weighted by atomic mass is 9.94. The second-order valence-electron chi connectivity index (χ2n) is 6.58. The number of pyridine rings is 1. The third-order valence-electron chi connectivity index (χ3n) is 5.16. The van der Waals surface area contributed by atoms with Gasteiger partial charge in [-0.25, -0.2) is 9.18 Å². The maximum atomic E-state index is 14.2. The fourth-order valence-corrected chi connectivity index (χ4v) is 3.96. The Labute approximate surface area is 142 Å². The summed E-state index contributed by atoms with van der Waals surface area (Å²) in [5.41, 5.74) is -1.09. The van der Waals surface area contributed by atoms with Gasteiger partial charge in [0.05, 0.1) is 23.0 Å². The topological polar surface area (TPSA) is 57.5 Å². The van der Waals surface area contributed by atoms with Crippen LogP contribution < -0.4 is 10.2 Å². The van der Waals surface area contributed by atoms with E-state index in [1.165, 1.54) is 6.20 Å². The molecule has 1 aromatic heterocycles. The van der Waals surface area contributed by atoms with Gasteiger partial charge >= 0.3 is 5.97 Å². The van der Waals surface area contributed by atoms with Crippen molar-refractivity contribution < 1.29 is 23.0 Å². The number of rotatable bonds is 2. The third kappa shape index (κ3) is 2.18. The molecular weight excluding hydrogens is 332 g/mol. The van der Waals surface area contributed by atoms with Crippen molar-refractivity contribution in [1.29, 1.82) is 0 Å². The molecule has 2 aliphatic rings. The molecular formula is C18H17F2NO4. The second kappa shape index (κ2) is 5.54. The van der Waals surface area contributed by atoms with Gasteiger partial charge in [0.2, 0.25) is 11.2 Å². The molecule has 4 rings (SSSR count). The van der Waals surface area contributed by atoms with Gasteiger partial charge in [-0.3, -0.25) is 4.79 Å². The van der Waals surface area contributed by atoms with Crippen LogP contribution >= 0.6 is 0 Å². The van der Waals surface area contributed by atoms with E-state index in [9.17, 15) is 18.4 Å². The van der Waals surface area contributed by atoms with E-state index in [2.05, 4.69) is 0 Å². The highest BCUT2D eigenvalue weighted by molar-refractivity contribution is 5.95. The van der Waals surface area contributed by atoms with Gasteiger partial charge in [0.15, 0.2) is 11.6 Å². The molecule has 0 amide bonds. The average molecular weight is 349 g/mol. The molecule has 0 atom stereocenters. The quantitative estimate of drug-likeness (QED) is 0.782. The fraction of sp³-hybridized carbons (Fsp3) is 0.444. The summed E-state index contributed by atoms with van der Waals surface area (Å²) in [4.78, 5) is 24.9. The number of carbonyl (C=O) groups excluding carboxylic acids is 1. The number of carbonyl (C=O) groups is 1. The van der Waals surface area contributed by atoms with Gasteiger partial charge in [-0.15, -0.1) is 0 Å². The monoisotopic (exact) mass is 349 g/mol. The van der Waals surface area contributed by atoms with Gasteiger partial charge in [-0.2, -0.15) is 4.39 Å². The minimum absolute atomic E-state index is 0.0644. The smallest absolute Gasteiger partial charge is 0.343 e. The first-order chi connectivity index (χ1) is 12.0. The maximum Gasteiger partial charge on any atom is 0.343 e. The largest absolute Gasteiger partial charge is 0.486 e. The Kier molecular flexibility index (Phi) is 3.56. The standard InChI is InChI=1S/C18H17F2NO4/c1-2-24-17(23)11-8-21-14-10(15(11)22)7-12(19)13(20)16(14)25-9-18(21)5-3-4-6-18/h7-8H,2-6,9H2,1H3. The highest BCUT2D eigenvalue weighted by atomic mass is 19.2. The molecule has 0 bridgehead atoms. The minimum Gasteiger partial charge on any atom is -0.486 e. The molecule has 0 saturated heterocycles. The van der Waals surface area contributed by atoms with Crippen LogP contribution in [0, 0.1) is 11.6 Å². The fourth-order valence-electron chi connectivity index (χ4n) is 3.96. The first-order valence-corrected chi connectivity index (χ1v) is 8.36. The molecule has 1 aliphatic carbocycles. The summed E-state index contributed by atoms with van der Waals surface area (Å²) in [5.74, 6) is -3.31. The first kappa shape index (κ1) is 16.1. The summed E-state index contributed by atoms with van der Waals surface area (Å²) < 4.78 is 40.4. The SMILES string of the molecule is CCOC(=O)c1cn2c3c(c(F)c(F)cc3c1=O)OCC21CCCC1. The van der Waals surface area contributed by atoms with Crippen LogP contribution in [0.4, 0.5) is 8.78 Å². The zero-order chi connectivity index (χ0) is 17.8. The third-order valence-corrected chi connectivity index (χ3v) is 5.16. The van der Waals surface area contributed by atoms with Crippen LogP contribution in [-0.2, 0) is 10.3 Å². The van der Waals surface area contributed by atoms with Gasteiger partial charge in [0.25, 0.3) is 0 Å². The second-order valence-corrected chi connectivity index (χ2v) is 6.58. The van der Waals surface area contributed by atoms with E-state index in [-0.39, 0.29) is 35.4 Å². The van der Waals surface area contributed by atoms with Crippen molar-refractivity contribution in [3.8, 4) is 5.75 Å². The number of nitrogens with zero attached hydrogens (tertiary/aromatic N) is 1. The van der Waals surface area contributed by atoms with E-state index in [1.807, 2.05) is 0 Å². The van der Waals surface area contributed by atoms with Crippen molar-refractivity contribution in [2.75, 3.05) is 13.2 Å². The van der Waals surface area contributed by atoms with Crippen LogP contribution in [0.5, 0.6) is 5.75 Å². The molecule has 25 heavy (non-hydrogen) atoms. The highest BCUT2D eigenvalue weighted by Gasteiger charge is 2.42. The molecule has 5 nitrogen and oxygen atoms in total. The van der Waals surface area contributed by atoms with E-state index in [1.54, 1.807) is 11.5 Å². The lowest BCUT2D eigenvalue weighted by molar-refractivity contribution is 0.0522. The molecule has 1 spiro atoms. The molecule has 7 heteroatoms. The molecule has 132 valence electrons. The maximum absolute atomic E-state index is 14.2. The van der Waals surface area contributed by atoms with Crippen molar-refractivity contribution in [2.24, 2.45) is 0 Å². The minimum atomic E-state index is -1.17. The van der Waals surface area contributed by atoms with Gasteiger partial charge in [-0.05, 0) is 25.8 Å². The van der Waals surface area contributed by atoms with Crippen LogP contribution in [0.2, 0.25) is 0 Å². The summed E-state index contributed by atoms with van der Waals surface area (Å²) >= 11 is 0. The van der Waals surface area contributed by atoms with E-state index < -0.39 is 28.6 Å². The Bertz CT molecular complexity index is 944. The number of ether oxygens (including phenoxy) is 2. The summed E-state index contributed by atoms with van der Waals surface area (Å²) in [7, 11) is 0. The molecule has 1 fully saturated rings. The first-order valence-electron chi connectivity index (χ1n) is 8.36. The van der Waals surface area contributed by atoms with E-state index in [0.29, 0.717) is 0 Å². The average Bonchev–Trinajstić information content (AvgIpc) is 3.05. The molecule has 1 saturated carbocycles.